The minimum absolute atomic E-state index is 0.136. The minimum atomic E-state index is -0.573. The molecule has 0 bridgehead atoms. The molecule has 6 heteroatoms. The van der Waals surface area contributed by atoms with Crippen LogP contribution in [0.1, 0.15) is 43.0 Å². The van der Waals surface area contributed by atoms with Gasteiger partial charge in [-0.25, -0.2) is 0 Å². The van der Waals surface area contributed by atoms with E-state index in [1.165, 1.54) is 0 Å². The lowest BCUT2D eigenvalue weighted by atomic mass is 10.1. The predicted molar refractivity (Wildman–Crippen MR) is 84.8 cm³/mol. The summed E-state index contributed by atoms with van der Waals surface area (Å²) in [6, 6.07) is 4.70. The first kappa shape index (κ1) is 15.6. The molecule has 2 amide bonds. The van der Waals surface area contributed by atoms with Gasteiger partial charge in [-0.1, -0.05) is 12.8 Å². The molecular weight excluding hydrogens is 296 g/mol. The van der Waals surface area contributed by atoms with E-state index in [1.807, 2.05) is 0 Å². The number of nitrogens with one attached hydrogen (secondary N) is 2. The number of amides is 2. The molecule has 1 aliphatic heterocycles. The molecule has 1 fully saturated rings. The highest BCUT2D eigenvalue weighted by Gasteiger charge is 2.22. The Hall–Kier alpha value is -2.24. The molecule has 1 atom stereocenters. The Morgan fingerprint density at radius 1 is 1.13 bits per heavy atom. The van der Waals surface area contributed by atoms with Crippen LogP contribution in [0.5, 0.6) is 11.5 Å². The number of fused-ring (bicyclic) bond motifs is 1. The van der Waals surface area contributed by atoms with Crippen molar-refractivity contribution in [1.82, 2.24) is 10.6 Å². The lowest BCUT2D eigenvalue weighted by molar-refractivity contribution is -0.123. The van der Waals surface area contributed by atoms with E-state index in [-0.39, 0.29) is 17.9 Å². The Bertz CT molecular complexity index is 596. The number of benzene rings is 1. The number of ether oxygens (including phenoxy) is 2. The van der Waals surface area contributed by atoms with Crippen LogP contribution in [-0.4, -0.2) is 37.1 Å². The number of rotatable bonds is 4. The molecule has 23 heavy (non-hydrogen) atoms. The molecule has 0 aromatic heterocycles. The molecule has 1 unspecified atom stereocenters. The van der Waals surface area contributed by atoms with Gasteiger partial charge >= 0.3 is 0 Å². The smallest absolute Gasteiger partial charge is 0.252 e. The quantitative estimate of drug-likeness (QED) is 0.885. The second kappa shape index (κ2) is 6.89. The Balaban J connectivity index is 1.58. The highest BCUT2D eigenvalue weighted by Crippen LogP contribution is 2.30. The maximum absolute atomic E-state index is 12.3. The van der Waals surface area contributed by atoms with E-state index in [4.69, 9.17) is 9.47 Å². The van der Waals surface area contributed by atoms with Crippen LogP contribution in [0, 0.1) is 0 Å². The van der Waals surface area contributed by atoms with E-state index in [0.29, 0.717) is 30.3 Å². The van der Waals surface area contributed by atoms with Crippen molar-refractivity contribution in [2.24, 2.45) is 0 Å². The van der Waals surface area contributed by atoms with Crippen LogP contribution in [0.15, 0.2) is 18.2 Å². The Kier molecular flexibility index (Phi) is 4.69. The van der Waals surface area contributed by atoms with Crippen LogP contribution in [0.4, 0.5) is 0 Å². The summed E-state index contributed by atoms with van der Waals surface area (Å²) in [5.41, 5.74) is 0.453. The topological polar surface area (TPSA) is 76.7 Å². The second-order valence-corrected chi connectivity index (χ2v) is 6.04. The minimum Gasteiger partial charge on any atom is -0.486 e. The first-order chi connectivity index (χ1) is 11.1. The van der Waals surface area contributed by atoms with E-state index >= 15 is 0 Å². The van der Waals surface area contributed by atoms with Crippen LogP contribution < -0.4 is 20.1 Å². The zero-order chi connectivity index (χ0) is 16.2. The maximum Gasteiger partial charge on any atom is 0.252 e. The summed E-state index contributed by atoms with van der Waals surface area (Å²) in [5, 5.41) is 5.72. The first-order valence-electron chi connectivity index (χ1n) is 8.14. The Morgan fingerprint density at radius 3 is 2.57 bits per heavy atom. The molecule has 1 aliphatic carbocycles. The van der Waals surface area contributed by atoms with Gasteiger partial charge in [0.2, 0.25) is 5.91 Å². The average molecular weight is 318 g/mol. The zero-order valence-electron chi connectivity index (χ0n) is 13.3. The molecular formula is C17H22N2O4. The van der Waals surface area contributed by atoms with E-state index in [1.54, 1.807) is 25.1 Å². The molecule has 0 radical (unpaired) electrons. The van der Waals surface area contributed by atoms with Gasteiger partial charge in [-0.15, -0.1) is 0 Å². The summed E-state index contributed by atoms with van der Waals surface area (Å²) in [7, 11) is 0. The van der Waals surface area contributed by atoms with Crippen molar-refractivity contribution >= 4 is 11.8 Å². The van der Waals surface area contributed by atoms with E-state index in [9.17, 15) is 9.59 Å². The van der Waals surface area contributed by atoms with Crippen molar-refractivity contribution in [3.63, 3.8) is 0 Å². The van der Waals surface area contributed by atoms with Crippen molar-refractivity contribution in [1.29, 1.82) is 0 Å². The molecule has 2 N–H and O–H groups in total. The SMILES string of the molecule is CC(NC(=O)c1ccc2c(c1)OCCO2)C(=O)NC1CCCC1. The zero-order valence-corrected chi connectivity index (χ0v) is 13.3. The molecule has 6 nitrogen and oxygen atoms in total. The van der Waals surface area contributed by atoms with Crippen molar-refractivity contribution in [2.45, 2.75) is 44.7 Å². The van der Waals surface area contributed by atoms with Crippen LogP contribution in [0.2, 0.25) is 0 Å². The Labute approximate surface area is 135 Å². The monoisotopic (exact) mass is 318 g/mol. The Morgan fingerprint density at radius 2 is 1.83 bits per heavy atom. The van der Waals surface area contributed by atoms with Crippen LogP contribution >= 0.6 is 0 Å². The summed E-state index contributed by atoms with van der Waals surface area (Å²) in [6.07, 6.45) is 4.36. The van der Waals surface area contributed by atoms with Crippen LogP contribution in [0.3, 0.4) is 0 Å². The lowest BCUT2D eigenvalue weighted by Crippen LogP contribution is -2.47. The molecule has 1 heterocycles. The third-order valence-electron chi connectivity index (χ3n) is 4.25. The fraction of sp³-hybridized carbons (Fsp3) is 0.529. The molecule has 124 valence electrons. The molecule has 1 saturated carbocycles. The van der Waals surface area contributed by atoms with Crippen molar-refractivity contribution < 1.29 is 19.1 Å². The predicted octanol–water partition coefficient (Wildman–Crippen LogP) is 1.63. The third-order valence-corrected chi connectivity index (χ3v) is 4.25. The number of hydrogen-bond donors (Lipinski definition) is 2. The van der Waals surface area contributed by atoms with Crippen molar-refractivity contribution in [2.75, 3.05) is 13.2 Å². The second-order valence-electron chi connectivity index (χ2n) is 6.04. The standard InChI is InChI=1S/C17H22N2O4/c1-11(16(20)19-13-4-2-3-5-13)18-17(21)12-6-7-14-15(10-12)23-9-8-22-14/h6-7,10-11,13H,2-5,8-9H2,1H3,(H,18,21)(H,19,20). The summed E-state index contributed by atoms with van der Waals surface area (Å²) >= 11 is 0. The first-order valence-corrected chi connectivity index (χ1v) is 8.14. The van der Waals surface area contributed by atoms with Gasteiger partial charge in [-0.2, -0.15) is 0 Å². The molecule has 1 aromatic carbocycles. The average Bonchev–Trinajstić information content (AvgIpc) is 3.07. The largest absolute Gasteiger partial charge is 0.486 e. The van der Waals surface area contributed by atoms with Gasteiger partial charge < -0.3 is 20.1 Å². The normalized spacial score (nSPS) is 18.3. The summed E-state index contributed by atoms with van der Waals surface area (Å²) in [5.74, 6) is 0.769. The number of carbonyl (C=O) groups is 2. The van der Waals surface area contributed by atoms with Gasteiger partial charge in [0.25, 0.3) is 5.91 Å². The maximum atomic E-state index is 12.3. The van der Waals surface area contributed by atoms with Gasteiger partial charge in [0.05, 0.1) is 0 Å². The van der Waals surface area contributed by atoms with Gasteiger partial charge in [-0.05, 0) is 38.0 Å². The molecule has 3 rings (SSSR count). The number of carbonyl (C=O) groups excluding carboxylic acids is 2. The van der Waals surface area contributed by atoms with Crippen LogP contribution in [0.25, 0.3) is 0 Å². The van der Waals surface area contributed by atoms with E-state index < -0.39 is 6.04 Å². The third kappa shape index (κ3) is 3.75. The van der Waals surface area contributed by atoms with Crippen molar-refractivity contribution in [3.05, 3.63) is 23.8 Å². The fourth-order valence-corrected chi connectivity index (χ4v) is 2.93. The molecule has 0 saturated heterocycles. The number of hydrogen-bond acceptors (Lipinski definition) is 4. The van der Waals surface area contributed by atoms with E-state index in [2.05, 4.69) is 10.6 Å². The molecule has 1 aromatic rings. The fourth-order valence-electron chi connectivity index (χ4n) is 2.93. The molecule has 0 spiro atoms. The van der Waals surface area contributed by atoms with Gasteiger partial charge in [0, 0.05) is 11.6 Å². The summed E-state index contributed by atoms with van der Waals surface area (Å²) in [6.45, 7) is 2.68. The molecule has 2 aliphatic rings. The van der Waals surface area contributed by atoms with Gasteiger partial charge in [-0.3, -0.25) is 9.59 Å². The lowest BCUT2D eigenvalue weighted by Gasteiger charge is -2.20. The van der Waals surface area contributed by atoms with Crippen molar-refractivity contribution in [3.8, 4) is 11.5 Å². The highest BCUT2D eigenvalue weighted by atomic mass is 16.6. The summed E-state index contributed by atoms with van der Waals surface area (Å²) < 4.78 is 10.9. The van der Waals surface area contributed by atoms with Crippen LogP contribution in [-0.2, 0) is 4.79 Å². The highest BCUT2D eigenvalue weighted by molar-refractivity contribution is 5.98. The summed E-state index contributed by atoms with van der Waals surface area (Å²) in [4.78, 5) is 24.4. The van der Waals surface area contributed by atoms with Gasteiger partial charge in [0.15, 0.2) is 11.5 Å². The van der Waals surface area contributed by atoms with Gasteiger partial charge in [0.1, 0.15) is 19.3 Å². The van der Waals surface area contributed by atoms with E-state index in [0.717, 1.165) is 25.7 Å².